The molecule has 1 N–H and O–H groups in total. The van der Waals surface area contributed by atoms with Gasteiger partial charge >= 0.3 is 0 Å². The summed E-state index contributed by atoms with van der Waals surface area (Å²) >= 11 is 0. The van der Waals surface area contributed by atoms with Gasteiger partial charge in [-0.15, -0.1) is 0 Å². The third-order valence-corrected chi connectivity index (χ3v) is 3.81. The zero-order valence-electron chi connectivity index (χ0n) is 8.74. The highest BCUT2D eigenvalue weighted by molar-refractivity contribution is 5.86. The Balaban J connectivity index is 1.77. The number of piperidine rings is 1. The van der Waals surface area contributed by atoms with Crippen LogP contribution >= 0.6 is 0 Å². The van der Waals surface area contributed by atoms with Gasteiger partial charge in [-0.3, -0.25) is 9.59 Å². The van der Waals surface area contributed by atoms with Crippen molar-refractivity contribution in [2.75, 3.05) is 13.1 Å². The molecule has 3 aliphatic rings. The normalized spacial score (nSPS) is 34.9. The average Bonchev–Trinajstić information content (AvgIpc) is 3.03. The van der Waals surface area contributed by atoms with Gasteiger partial charge in [-0.05, 0) is 25.7 Å². The van der Waals surface area contributed by atoms with Crippen LogP contribution in [-0.2, 0) is 9.59 Å². The second-order valence-electron chi connectivity index (χ2n) is 4.87. The minimum atomic E-state index is 0.0708. The maximum absolute atomic E-state index is 12.0. The van der Waals surface area contributed by atoms with Crippen LogP contribution in [0.3, 0.4) is 0 Å². The van der Waals surface area contributed by atoms with Gasteiger partial charge in [0.1, 0.15) is 0 Å². The Bertz CT molecular complexity index is 312. The maximum atomic E-state index is 12.0. The first-order valence-corrected chi connectivity index (χ1v) is 5.85. The number of nitrogens with one attached hydrogen (secondary N) is 1. The molecule has 2 atom stereocenters. The summed E-state index contributed by atoms with van der Waals surface area (Å²) in [5.41, 5.74) is 0. The highest BCUT2D eigenvalue weighted by Gasteiger charge is 2.45. The fourth-order valence-corrected chi connectivity index (χ4v) is 2.79. The van der Waals surface area contributed by atoms with Crippen molar-refractivity contribution in [3.05, 3.63) is 0 Å². The molecule has 82 valence electrons. The van der Waals surface area contributed by atoms with E-state index in [4.69, 9.17) is 0 Å². The van der Waals surface area contributed by atoms with E-state index in [2.05, 4.69) is 5.32 Å². The van der Waals surface area contributed by atoms with Gasteiger partial charge in [-0.1, -0.05) is 0 Å². The number of amides is 2. The van der Waals surface area contributed by atoms with Gasteiger partial charge in [0.25, 0.3) is 0 Å². The smallest absolute Gasteiger partial charge is 0.226 e. The Morgan fingerprint density at radius 3 is 2.87 bits per heavy atom. The molecule has 0 aromatic heterocycles. The molecule has 0 bridgehead atoms. The highest BCUT2D eigenvalue weighted by Crippen LogP contribution is 2.35. The Morgan fingerprint density at radius 1 is 1.33 bits per heavy atom. The molecule has 0 aromatic rings. The molecule has 0 aromatic carbocycles. The summed E-state index contributed by atoms with van der Waals surface area (Å²) in [4.78, 5) is 25.5. The second kappa shape index (κ2) is 3.22. The molecule has 4 nitrogen and oxygen atoms in total. The lowest BCUT2D eigenvalue weighted by atomic mass is 9.91. The van der Waals surface area contributed by atoms with Crippen LogP contribution < -0.4 is 5.32 Å². The monoisotopic (exact) mass is 208 g/mol. The van der Waals surface area contributed by atoms with Crippen molar-refractivity contribution in [1.29, 1.82) is 0 Å². The molecule has 0 spiro atoms. The third-order valence-electron chi connectivity index (χ3n) is 3.81. The number of likely N-dealkylation sites (tertiary alicyclic amines) is 1. The Morgan fingerprint density at radius 2 is 2.13 bits per heavy atom. The number of carbonyl (C=O) groups is 2. The zero-order chi connectivity index (χ0) is 10.4. The van der Waals surface area contributed by atoms with E-state index in [1.807, 2.05) is 4.90 Å². The van der Waals surface area contributed by atoms with E-state index < -0.39 is 0 Å². The van der Waals surface area contributed by atoms with Crippen LogP contribution in [0, 0.1) is 11.8 Å². The SMILES string of the molecule is O=C1NCC2C1CCCN2C(=O)C1CC1. The van der Waals surface area contributed by atoms with Gasteiger partial charge in [0.05, 0.1) is 12.0 Å². The lowest BCUT2D eigenvalue weighted by Crippen LogP contribution is -2.49. The number of nitrogens with zero attached hydrogens (tertiary/aromatic N) is 1. The number of hydrogen-bond acceptors (Lipinski definition) is 2. The minimum absolute atomic E-state index is 0.0708. The van der Waals surface area contributed by atoms with E-state index in [-0.39, 0.29) is 23.8 Å². The minimum Gasteiger partial charge on any atom is -0.354 e. The fourth-order valence-electron chi connectivity index (χ4n) is 2.79. The van der Waals surface area contributed by atoms with Gasteiger partial charge in [0.2, 0.25) is 11.8 Å². The van der Waals surface area contributed by atoms with Gasteiger partial charge < -0.3 is 10.2 Å². The third kappa shape index (κ3) is 1.43. The van der Waals surface area contributed by atoms with Crippen LogP contribution in [0.15, 0.2) is 0 Å². The molecule has 2 unspecified atom stereocenters. The lowest BCUT2D eigenvalue weighted by Gasteiger charge is -2.36. The molecule has 4 heteroatoms. The van der Waals surface area contributed by atoms with Gasteiger partial charge in [-0.25, -0.2) is 0 Å². The number of carbonyl (C=O) groups excluding carboxylic acids is 2. The first-order valence-electron chi connectivity index (χ1n) is 5.85. The standard InChI is InChI=1S/C11H16N2O2/c14-10-8-2-1-5-13(9(8)6-12-10)11(15)7-3-4-7/h7-9H,1-6H2,(H,12,14). The topological polar surface area (TPSA) is 49.4 Å². The molecule has 15 heavy (non-hydrogen) atoms. The van der Waals surface area contributed by atoms with Crippen LogP contribution in [-0.4, -0.2) is 35.8 Å². The summed E-state index contributed by atoms with van der Waals surface area (Å²) in [6.45, 7) is 1.52. The molecular weight excluding hydrogens is 192 g/mol. The van der Waals surface area contributed by atoms with E-state index >= 15 is 0 Å². The first-order chi connectivity index (χ1) is 7.27. The van der Waals surface area contributed by atoms with Crippen LogP contribution in [0.25, 0.3) is 0 Å². The van der Waals surface area contributed by atoms with Crippen molar-refractivity contribution >= 4 is 11.8 Å². The molecule has 1 saturated carbocycles. The van der Waals surface area contributed by atoms with E-state index in [0.29, 0.717) is 12.5 Å². The molecule has 1 aliphatic carbocycles. The highest BCUT2D eigenvalue weighted by atomic mass is 16.2. The summed E-state index contributed by atoms with van der Waals surface area (Å²) in [6, 6.07) is 0.152. The Labute approximate surface area is 89.0 Å². The quantitative estimate of drug-likeness (QED) is 0.666. The summed E-state index contributed by atoms with van der Waals surface area (Å²) in [7, 11) is 0. The molecule has 2 aliphatic heterocycles. The molecule has 3 fully saturated rings. The summed E-state index contributed by atoms with van der Waals surface area (Å²) < 4.78 is 0. The largest absolute Gasteiger partial charge is 0.354 e. The molecular formula is C11H16N2O2. The van der Waals surface area contributed by atoms with Gasteiger partial charge in [0.15, 0.2) is 0 Å². The van der Waals surface area contributed by atoms with Crippen LogP contribution in [0.4, 0.5) is 0 Å². The van der Waals surface area contributed by atoms with Gasteiger partial charge in [0, 0.05) is 19.0 Å². The summed E-state index contributed by atoms with van der Waals surface area (Å²) in [5, 5.41) is 2.87. The van der Waals surface area contributed by atoms with E-state index in [0.717, 1.165) is 32.2 Å². The predicted molar refractivity (Wildman–Crippen MR) is 54.0 cm³/mol. The number of fused-ring (bicyclic) bond motifs is 1. The molecule has 3 rings (SSSR count). The van der Waals surface area contributed by atoms with Gasteiger partial charge in [-0.2, -0.15) is 0 Å². The van der Waals surface area contributed by atoms with Crippen LogP contribution in [0.1, 0.15) is 25.7 Å². The molecule has 2 saturated heterocycles. The van der Waals surface area contributed by atoms with E-state index in [1.165, 1.54) is 0 Å². The molecule has 2 heterocycles. The van der Waals surface area contributed by atoms with E-state index in [1.54, 1.807) is 0 Å². The van der Waals surface area contributed by atoms with Crippen molar-refractivity contribution < 1.29 is 9.59 Å². The van der Waals surface area contributed by atoms with Crippen molar-refractivity contribution in [3.8, 4) is 0 Å². The average molecular weight is 208 g/mol. The molecule has 2 amide bonds. The van der Waals surface area contributed by atoms with Crippen LogP contribution in [0.5, 0.6) is 0 Å². The Kier molecular flexibility index (Phi) is 1.97. The lowest BCUT2D eigenvalue weighted by molar-refractivity contribution is -0.138. The fraction of sp³-hybridized carbons (Fsp3) is 0.818. The number of rotatable bonds is 1. The zero-order valence-corrected chi connectivity index (χ0v) is 8.74. The van der Waals surface area contributed by atoms with Crippen molar-refractivity contribution in [1.82, 2.24) is 10.2 Å². The van der Waals surface area contributed by atoms with Crippen molar-refractivity contribution in [2.45, 2.75) is 31.7 Å². The maximum Gasteiger partial charge on any atom is 0.226 e. The summed E-state index contributed by atoms with van der Waals surface area (Å²) in [5.74, 6) is 0.787. The second-order valence-corrected chi connectivity index (χ2v) is 4.87. The molecule has 0 radical (unpaired) electrons. The summed E-state index contributed by atoms with van der Waals surface area (Å²) in [6.07, 6.45) is 4.03. The van der Waals surface area contributed by atoms with Crippen molar-refractivity contribution in [3.63, 3.8) is 0 Å². The number of hydrogen-bond donors (Lipinski definition) is 1. The van der Waals surface area contributed by atoms with Crippen molar-refractivity contribution in [2.24, 2.45) is 11.8 Å². The first kappa shape index (κ1) is 9.19. The Hall–Kier alpha value is -1.06. The van der Waals surface area contributed by atoms with E-state index in [9.17, 15) is 9.59 Å². The predicted octanol–water partition coefficient (Wildman–Crippen LogP) is 0.133. The van der Waals surface area contributed by atoms with Crippen LogP contribution in [0.2, 0.25) is 0 Å².